The maximum atomic E-state index is 13.5. The van der Waals surface area contributed by atoms with Crippen LogP contribution in [0.5, 0.6) is 0 Å². The number of hydrogen-bond acceptors (Lipinski definition) is 5. The maximum absolute atomic E-state index is 13.5. The molecule has 2 N–H and O–H groups in total. The highest BCUT2D eigenvalue weighted by atomic mass is 19.3. The van der Waals surface area contributed by atoms with Crippen molar-refractivity contribution in [2.45, 2.75) is 50.8 Å². The summed E-state index contributed by atoms with van der Waals surface area (Å²) in [5.41, 5.74) is -0.878. The number of alkyl halides is 2. The van der Waals surface area contributed by atoms with Crippen molar-refractivity contribution in [2.24, 2.45) is 0 Å². The van der Waals surface area contributed by atoms with E-state index in [-0.39, 0.29) is 0 Å². The molecule has 0 bridgehead atoms. The summed E-state index contributed by atoms with van der Waals surface area (Å²) in [5, 5.41) is 11.2. The third-order valence-corrected chi connectivity index (χ3v) is 3.07. The number of amides is 2. The molecule has 1 aliphatic heterocycles. The molecule has 0 aromatic carbocycles. The number of alkyl carbamates (subject to hydrolysis) is 1. The van der Waals surface area contributed by atoms with Crippen molar-refractivity contribution >= 4 is 18.2 Å². The van der Waals surface area contributed by atoms with E-state index in [1.807, 2.05) is 0 Å². The van der Waals surface area contributed by atoms with Crippen LogP contribution in [0.15, 0.2) is 0 Å². The molecule has 0 aliphatic carbocycles. The highest BCUT2D eigenvalue weighted by molar-refractivity contribution is 5.83. The summed E-state index contributed by atoms with van der Waals surface area (Å²) in [6.07, 6.45) is -3.56. The Morgan fingerprint density at radius 3 is 2.35 bits per heavy atom. The lowest BCUT2D eigenvalue weighted by Gasteiger charge is -2.29. The smallest absolute Gasteiger partial charge is 0.408 e. The van der Waals surface area contributed by atoms with Crippen molar-refractivity contribution in [1.82, 2.24) is 10.2 Å². The highest BCUT2D eigenvalue weighted by Crippen LogP contribution is 2.34. The lowest BCUT2D eigenvalue weighted by molar-refractivity contribution is -0.144. The average Bonchev–Trinajstić information content (AvgIpc) is 2.69. The molecule has 2 atom stereocenters. The molecule has 1 saturated heterocycles. The zero-order valence-corrected chi connectivity index (χ0v) is 13.3. The average molecular weight is 338 g/mol. The first kappa shape index (κ1) is 18.9. The molecule has 2 amide bonds. The number of carboxylic acid groups (broad SMARTS) is 1. The van der Waals surface area contributed by atoms with Crippen molar-refractivity contribution in [1.29, 1.82) is 0 Å². The number of carbonyl (C=O) groups is 3. The number of halogens is 2. The molecule has 10 heteroatoms. The van der Waals surface area contributed by atoms with Crippen LogP contribution in [0.2, 0.25) is 0 Å². The van der Waals surface area contributed by atoms with E-state index in [2.05, 4.69) is 10.1 Å². The van der Waals surface area contributed by atoms with E-state index in [0.717, 1.165) is 7.11 Å². The molecule has 1 fully saturated rings. The number of rotatable bonds is 3. The van der Waals surface area contributed by atoms with Gasteiger partial charge in [-0.2, -0.15) is 0 Å². The van der Waals surface area contributed by atoms with Crippen LogP contribution in [0.1, 0.15) is 27.2 Å². The number of carbonyl (C=O) groups excluding carboxylic acids is 2. The van der Waals surface area contributed by atoms with Crippen LogP contribution < -0.4 is 5.32 Å². The Hall–Kier alpha value is -2.13. The molecule has 0 radical (unpaired) electrons. The van der Waals surface area contributed by atoms with Gasteiger partial charge >= 0.3 is 18.2 Å². The zero-order chi connectivity index (χ0) is 18.0. The number of hydrogen-bond donors (Lipinski definition) is 2. The molecular weight excluding hydrogens is 318 g/mol. The molecule has 1 rings (SSSR count). The van der Waals surface area contributed by atoms with E-state index >= 15 is 0 Å². The van der Waals surface area contributed by atoms with Crippen LogP contribution in [0.3, 0.4) is 0 Å². The quantitative estimate of drug-likeness (QED) is 0.755. The van der Waals surface area contributed by atoms with Crippen molar-refractivity contribution in [2.75, 3.05) is 13.7 Å². The summed E-state index contributed by atoms with van der Waals surface area (Å²) >= 11 is 0. The van der Waals surface area contributed by atoms with Gasteiger partial charge in [-0.1, -0.05) is 0 Å². The Morgan fingerprint density at radius 1 is 1.35 bits per heavy atom. The Balaban J connectivity index is 2.99. The second kappa shape index (κ2) is 6.55. The minimum absolute atomic E-state index is 0.416. The molecule has 0 aromatic heterocycles. The summed E-state index contributed by atoms with van der Waals surface area (Å²) in [4.78, 5) is 35.2. The first-order valence-corrected chi connectivity index (χ1v) is 6.81. The molecule has 23 heavy (non-hydrogen) atoms. The van der Waals surface area contributed by atoms with Crippen molar-refractivity contribution in [3.05, 3.63) is 0 Å². The van der Waals surface area contributed by atoms with Gasteiger partial charge in [-0.05, 0) is 20.8 Å². The van der Waals surface area contributed by atoms with E-state index in [9.17, 15) is 23.2 Å². The van der Waals surface area contributed by atoms with E-state index in [4.69, 9.17) is 9.84 Å². The van der Waals surface area contributed by atoms with Gasteiger partial charge in [0.1, 0.15) is 5.60 Å². The number of likely N-dealkylation sites (tertiary alicyclic amines) is 1. The van der Waals surface area contributed by atoms with Gasteiger partial charge in [-0.3, -0.25) is 4.90 Å². The summed E-state index contributed by atoms with van der Waals surface area (Å²) in [6, 6.07) is -3.05. The monoisotopic (exact) mass is 338 g/mol. The predicted octanol–water partition coefficient (Wildman–Crippen LogP) is 1.44. The fraction of sp³-hybridized carbons (Fsp3) is 0.769. The fourth-order valence-corrected chi connectivity index (χ4v) is 2.23. The molecule has 8 nitrogen and oxygen atoms in total. The van der Waals surface area contributed by atoms with E-state index in [1.54, 1.807) is 20.8 Å². The minimum Gasteiger partial charge on any atom is -0.467 e. The van der Waals surface area contributed by atoms with E-state index in [1.165, 1.54) is 0 Å². The van der Waals surface area contributed by atoms with Gasteiger partial charge in [-0.25, -0.2) is 23.2 Å². The summed E-state index contributed by atoms with van der Waals surface area (Å²) in [7, 11) is 1.00. The van der Waals surface area contributed by atoms with Crippen LogP contribution in [0.25, 0.3) is 0 Å². The van der Waals surface area contributed by atoms with Crippen LogP contribution in [-0.4, -0.2) is 65.4 Å². The Bertz CT molecular complexity index is 491. The van der Waals surface area contributed by atoms with Crippen LogP contribution >= 0.6 is 0 Å². The van der Waals surface area contributed by atoms with Gasteiger partial charge in [0, 0.05) is 6.42 Å². The third-order valence-electron chi connectivity index (χ3n) is 3.07. The van der Waals surface area contributed by atoms with Crippen LogP contribution in [0, 0.1) is 0 Å². The minimum atomic E-state index is -3.30. The number of esters is 1. The molecule has 1 aliphatic rings. The van der Waals surface area contributed by atoms with Gasteiger partial charge in [0.15, 0.2) is 6.04 Å². The summed E-state index contributed by atoms with van der Waals surface area (Å²) in [6.45, 7) is 3.67. The Labute approximate surface area is 131 Å². The van der Waals surface area contributed by atoms with Crippen molar-refractivity contribution < 1.29 is 37.7 Å². The van der Waals surface area contributed by atoms with Gasteiger partial charge in [0.25, 0.3) is 5.92 Å². The largest absolute Gasteiger partial charge is 0.467 e. The highest BCUT2D eigenvalue weighted by Gasteiger charge is 2.52. The van der Waals surface area contributed by atoms with Crippen LogP contribution in [-0.2, 0) is 14.3 Å². The molecular formula is C13H20F2N2O6. The van der Waals surface area contributed by atoms with Gasteiger partial charge < -0.3 is 19.9 Å². The van der Waals surface area contributed by atoms with Gasteiger partial charge in [0.2, 0.25) is 0 Å². The zero-order valence-electron chi connectivity index (χ0n) is 13.3. The third kappa shape index (κ3) is 5.22. The normalized spacial score (nSPS) is 21.5. The van der Waals surface area contributed by atoms with Crippen molar-refractivity contribution in [3.8, 4) is 0 Å². The Morgan fingerprint density at radius 2 is 1.91 bits per heavy atom. The van der Waals surface area contributed by atoms with E-state index in [0.29, 0.717) is 4.90 Å². The molecule has 0 spiro atoms. The van der Waals surface area contributed by atoms with Gasteiger partial charge in [0.05, 0.1) is 19.7 Å². The SMILES string of the molecule is COC(=O)[C@@H](NC(=O)OC(C)(C)C)[C@@H]1CC(F)(F)CN1C(=O)O. The number of methoxy groups -OCH3 is 1. The lowest BCUT2D eigenvalue weighted by atomic mass is 10.0. The standard InChI is InChI=1S/C13H20F2N2O6/c1-12(2,3)23-10(19)16-8(9(18)22-4)7-5-13(14,15)6-17(7)11(20)21/h7-8H,5-6H2,1-4H3,(H,16,19)(H,20,21)/t7-,8-/m0/s1. The maximum Gasteiger partial charge on any atom is 0.408 e. The summed E-state index contributed by atoms with van der Waals surface area (Å²) < 4.78 is 36.5. The molecule has 0 unspecified atom stereocenters. The first-order valence-electron chi connectivity index (χ1n) is 6.81. The van der Waals surface area contributed by atoms with Gasteiger partial charge in [-0.15, -0.1) is 0 Å². The predicted molar refractivity (Wildman–Crippen MR) is 73.3 cm³/mol. The molecule has 0 saturated carbocycles. The molecule has 0 aromatic rings. The Kier molecular flexibility index (Phi) is 5.39. The van der Waals surface area contributed by atoms with E-state index < -0.39 is 54.7 Å². The number of nitrogens with zero attached hydrogens (tertiary/aromatic N) is 1. The van der Waals surface area contributed by atoms with Crippen LogP contribution in [0.4, 0.5) is 18.4 Å². The number of nitrogens with one attached hydrogen (secondary N) is 1. The topological polar surface area (TPSA) is 105 Å². The second-order valence-corrected chi connectivity index (χ2v) is 6.18. The lowest BCUT2D eigenvalue weighted by Crippen LogP contribution is -2.55. The number of ether oxygens (including phenoxy) is 2. The second-order valence-electron chi connectivity index (χ2n) is 6.18. The molecule has 1 heterocycles. The van der Waals surface area contributed by atoms with Crippen molar-refractivity contribution in [3.63, 3.8) is 0 Å². The first-order chi connectivity index (χ1) is 10.4. The summed E-state index contributed by atoms with van der Waals surface area (Å²) in [5.74, 6) is -4.34. The fourth-order valence-electron chi connectivity index (χ4n) is 2.23. The molecule has 132 valence electrons.